The molecule has 2 aromatic carbocycles. The Balaban J connectivity index is 0.00000578. The standard InChI is InChI=1S/C24H25F6NO2.ClH/c1-3-5-6-7-8-14-9-16(25)12-19(26)22(14)15-10-17(20(31)13-21(32)33-4-2)23(27)18(11-15)24(28,29)30;/h3,9-12,20H,1,4-8,13,31H2,2H3;1H/t20-;/m0./s1. The van der Waals surface area contributed by atoms with E-state index in [1.807, 2.05) is 0 Å². The van der Waals surface area contributed by atoms with Gasteiger partial charge in [-0.05, 0) is 61.9 Å². The molecule has 34 heavy (non-hydrogen) atoms. The molecule has 0 aliphatic heterocycles. The molecule has 188 valence electrons. The first kappa shape index (κ1) is 29.5. The third kappa shape index (κ3) is 7.50. The summed E-state index contributed by atoms with van der Waals surface area (Å²) < 4.78 is 89.0. The second-order valence-electron chi connectivity index (χ2n) is 7.50. The first-order chi connectivity index (χ1) is 15.5. The number of hydrogen-bond acceptors (Lipinski definition) is 3. The lowest BCUT2D eigenvalue weighted by Crippen LogP contribution is -2.21. The fourth-order valence-corrected chi connectivity index (χ4v) is 3.53. The Morgan fingerprint density at radius 2 is 1.82 bits per heavy atom. The molecule has 0 saturated carbocycles. The molecular formula is C24H26ClF6NO2. The van der Waals surface area contributed by atoms with Crippen molar-refractivity contribution in [2.24, 2.45) is 5.73 Å². The average Bonchev–Trinajstić information content (AvgIpc) is 2.70. The van der Waals surface area contributed by atoms with Crippen LogP contribution in [-0.2, 0) is 22.1 Å². The Morgan fingerprint density at radius 3 is 2.41 bits per heavy atom. The van der Waals surface area contributed by atoms with Gasteiger partial charge in [0.25, 0.3) is 0 Å². The summed E-state index contributed by atoms with van der Waals surface area (Å²) in [6.45, 7) is 5.13. The molecule has 2 N–H and O–H groups in total. The quantitative estimate of drug-likeness (QED) is 0.161. The Hall–Kier alpha value is -2.52. The lowest BCUT2D eigenvalue weighted by atomic mass is 9.90. The predicted octanol–water partition coefficient (Wildman–Crippen LogP) is 7.06. The van der Waals surface area contributed by atoms with Crippen molar-refractivity contribution in [3.63, 3.8) is 0 Å². The number of halogens is 7. The van der Waals surface area contributed by atoms with Gasteiger partial charge >= 0.3 is 12.1 Å². The zero-order chi connectivity index (χ0) is 24.8. The van der Waals surface area contributed by atoms with E-state index in [0.29, 0.717) is 31.4 Å². The Morgan fingerprint density at radius 1 is 1.15 bits per heavy atom. The van der Waals surface area contributed by atoms with Crippen LogP contribution in [0.15, 0.2) is 36.9 Å². The third-order valence-corrected chi connectivity index (χ3v) is 5.03. The van der Waals surface area contributed by atoms with Crippen molar-refractivity contribution in [1.82, 2.24) is 0 Å². The summed E-state index contributed by atoms with van der Waals surface area (Å²) in [7, 11) is 0. The molecule has 3 nitrogen and oxygen atoms in total. The van der Waals surface area contributed by atoms with E-state index in [1.54, 1.807) is 6.08 Å². The second-order valence-corrected chi connectivity index (χ2v) is 7.50. The highest BCUT2D eigenvalue weighted by atomic mass is 35.5. The maximum Gasteiger partial charge on any atom is 0.419 e. The Kier molecular flexibility index (Phi) is 11.1. The van der Waals surface area contributed by atoms with Crippen LogP contribution >= 0.6 is 12.4 Å². The van der Waals surface area contributed by atoms with E-state index >= 15 is 0 Å². The van der Waals surface area contributed by atoms with Gasteiger partial charge < -0.3 is 10.5 Å². The first-order valence-corrected chi connectivity index (χ1v) is 10.4. The van der Waals surface area contributed by atoms with Gasteiger partial charge in [0.15, 0.2) is 0 Å². The molecule has 0 unspecified atom stereocenters. The molecule has 0 fully saturated rings. The van der Waals surface area contributed by atoms with Gasteiger partial charge in [-0.25, -0.2) is 13.2 Å². The minimum absolute atomic E-state index is 0. The summed E-state index contributed by atoms with van der Waals surface area (Å²) in [5, 5.41) is 0. The minimum Gasteiger partial charge on any atom is -0.466 e. The number of allylic oxidation sites excluding steroid dienone is 1. The zero-order valence-electron chi connectivity index (χ0n) is 18.5. The topological polar surface area (TPSA) is 52.3 Å². The highest BCUT2D eigenvalue weighted by Gasteiger charge is 2.37. The normalized spacial score (nSPS) is 12.1. The predicted molar refractivity (Wildman–Crippen MR) is 120 cm³/mol. The van der Waals surface area contributed by atoms with Crippen LogP contribution < -0.4 is 5.73 Å². The number of alkyl halides is 3. The molecule has 0 heterocycles. The number of benzene rings is 2. The summed E-state index contributed by atoms with van der Waals surface area (Å²) in [6.07, 6.45) is -2.00. The maximum absolute atomic E-state index is 14.8. The van der Waals surface area contributed by atoms with Gasteiger partial charge in [-0.2, -0.15) is 13.2 Å². The van der Waals surface area contributed by atoms with E-state index < -0.39 is 53.2 Å². The van der Waals surface area contributed by atoms with Gasteiger partial charge in [-0.3, -0.25) is 4.79 Å². The molecule has 10 heteroatoms. The SMILES string of the molecule is C=CCCCCc1cc(F)cc(F)c1-c1cc([C@@H](N)CC(=O)OCC)c(F)c(C(F)(F)F)c1.Cl. The molecule has 0 amide bonds. The molecule has 1 atom stereocenters. The maximum atomic E-state index is 14.8. The van der Waals surface area contributed by atoms with E-state index in [1.165, 1.54) is 6.92 Å². The van der Waals surface area contributed by atoms with E-state index in [0.717, 1.165) is 12.1 Å². The van der Waals surface area contributed by atoms with Crippen molar-refractivity contribution in [1.29, 1.82) is 0 Å². The number of carbonyl (C=O) groups is 1. The lowest BCUT2D eigenvalue weighted by molar-refractivity contribution is -0.143. The van der Waals surface area contributed by atoms with E-state index in [9.17, 15) is 31.1 Å². The van der Waals surface area contributed by atoms with Crippen molar-refractivity contribution in [3.8, 4) is 11.1 Å². The van der Waals surface area contributed by atoms with Crippen molar-refractivity contribution in [3.05, 3.63) is 71.1 Å². The lowest BCUT2D eigenvalue weighted by Gasteiger charge is -2.20. The molecular weight excluding hydrogens is 484 g/mol. The average molecular weight is 510 g/mol. The van der Waals surface area contributed by atoms with Gasteiger partial charge in [0.2, 0.25) is 0 Å². The van der Waals surface area contributed by atoms with Crippen LogP contribution in [0.4, 0.5) is 26.3 Å². The number of ether oxygens (including phenoxy) is 1. The van der Waals surface area contributed by atoms with Gasteiger partial charge in [0, 0.05) is 23.2 Å². The number of aryl methyl sites for hydroxylation is 1. The van der Waals surface area contributed by atoms with E-state index in [2.05, 4.69) is 6.58 Å². The Labute approximate surface area is 200 Å². The van der Waals surface area contributed by atoms with Crippen LogP contribution in [-0.4, -0.2) is 12.6 Å². The number of carbonyl (C=O) groups excluding carboxylic acids is 1. The third-order valence-electron chi connectivity index (χ3n) is 5.03. The highest BCUT2D eigenvalue weighted by molar-refractivity contribution is 5.85. The molecule has 0 aliphatic rings. The van der Waals surface area contributed by atoms with Crippen molar-refractivity contribution in [2.45, 2.75) is 51.2 Å². The summed E-state index contributed by atoms with van der Waals surface area (Å²) in [4.78, 5) is 11.7. The number of esters is 1. The van der Waals surface area contributed by atoms with Crippen molar-refractivity contribution >= 4 is 18.4 Å². The molecule has 0 aliphatic carbocycles. The number of rotatable bonds is 10. The molecule has 0 bridgehead atoms. The van der Waals surface area contributed by atoms with E-state index in [-0.39, 0.29) is 42.1 Å². The largest absolute Gasteiger partial charge is 0.466 e. The number of hydrogen-bond donors (Lipinski definition) is 1. The summed E-state index contributed by atoms with van der Waals surface area (Å²) >= 11 is 0. The van der Waals surface area contributed by atoms with Crippen LogP contribution in [0.2, 0.25) is 0 Å². The summed E-state index contributed by atoms with van der Waals surface area (Å²) in [5.41, 5.74) is 3.11. The molecule has 0 saturated heterocycles. The molecule has 0 aromatic heterocycles. The minimum atomic E-state index is -5.11. The fraction of sp³-hybridized carbons (Fsp3) is 0.375. The summed E-state index contributed by atoms with van der Waals surface area (Å²) in [6, 6.07) is 1.57. The first-order valence-electron chi connectivity index (χ1n) is 10.4. The fourth-order valence-electron chi connectivity index (χ4n) is 3.53. The highest BCUT2D eigenvalue weighted by Crippen LogP contribution is 2.39. The van der Waals surface area contributed by atoms with Crippen LogP contribution in [0.3, 0.4) is 0 Å². The molecule has 2 aromatic rings. The van der Waals surface area contributed by atoms with Crippen LogP contribution in [0, 0.1) is 17.5 Å². The van der Waals surface area contributed by atoms with Crippen molar-refractivity contribution < 1.29 is 35.9 Å². The smallest absolute Gasteiger partial charge is 0.419 e. The Bertz CT molecular complexity index is 1010. The van der Waals surface area contributed by atoms with Crippen LogP contribution in [0.1, 0.15) is 55.3 Å². The monoisotopic (exact) mass is 509 g/mol. The molecule has 0 radical (unpaired) electrons. The van der Waals surface area contributed by atoms with Crippen LogP contribution in [0.25, 0.3) is 11.1 Å². The zero-order valence-corrected chi connectivity index (χ0v) is 19.3. The van der Waals surface area contributed by atoms with Crippen molar-refractivity contribution in [2.75, 3.05) is 6.61 Å². The summed E-state index contributed by atoms with van der Waals surface area (Å²) in [5.74, 6) is -4.44. The number of nitrogens with two attached hydrogens (primary N) is 1. The van der Waals surface area contributed by atoms with Gasteiger partial charge in [-0.1, -0.05) is 6.08 Å². The van der Waals surface area contributed by atoms with Crippen LogP contribution in [0.5, 0.6) is 0 Å². The van der Waals surface area contributed by atoms with Gasteiger partial charge in [-0.15, -0.1) is 19.0 Å². The number of unbranched alkanes of at least 4 members (excludes halogenated alkanes) is 2. The van der Waals surface area contributed by atoms with Gasteiger partial charge in [0.1, 0.15) is 17.5 Å². The second kappa shape index (κ2) is 12.8. The van der Waals surface area contributed by atoms with E-state index in [4.69, 9.17) is 10.5 Å². The van der Waals surface area contributed by atoms with Gasteiger partial charge in [0.05, 0.1) is 18.6 Å². The molecule has 0 spiro atoms. The molecule has 2 rings (SSSR count).